The average molecular weight is 454 g/mol. The summed E-state index contributed by atoms with van der Waals surface area (Å²) in [5.41, 5.74) is 1.49. The molecule has 1 amide bonds. The number of carbonyl (C=O) groups is 1. The topological polar surface area (TPSA) is 50.8 Å². The second-order valence-corrected chi connectivity index (χ2v) is 7.53. The highest BCUT2D eigenvalue weighted by atomic mass is 79.9. The molecule has 0 bridgehead atoms. The molecule has 144 valence electrons. The van der Waals surface area contributed by atoms with Gasteiger partial charge in [0.2, 0.25) is 5.91 Å². The first kappa shape index (κ1) is 20.1. The zero-order valence-electron chi connectivity index (χ0n) is 14.9. The first-order chi connectivity index (χ1) is 13.1. The summed E-state index contributed by atoms with van der Waals surface area (Å²) in [4.78, 5) is 14.6. The summed E-state index contributed by atoms with van der Waals surface area (Å²) in [7, 11) is 0. The number of morpholine rings is 1. The third-order valence-corrected chi connectivity index (χ3v) is 5.32. The second-order valence-electron chi connectivity index (χ2n) is 6.26. The van der Waals surface area contributed by atoms with Gasteiger partial charge < -0.3 is 14.8 Å². The van der Waals surface area contributed by atoms with Crippen LogP contribution in [0, 0.1) is 0 Å². The summed E-state index contributed by atoms with van der Waals surface area (Å²) in [6, 6.07) is 12.9. The van der Waals surface area contributed by atoms with Gasteiger partial charge in [-0.3, -0.25) is 9.69 Å². The van der Waals surface area contributed by atoms with Crippen molar-refractivity contribution in [2.24, 2.45) is 0 Å². The Morgan fingerprint density at radius 2 is 2.00 bits per heavy atom. The van der Waals surface area contributed by atoms with E-state index in [0.717, 1.165) is 42.9 Å². The van der Waals surface area contributed by atoms with Crippen LogP contribution in [-0.2, 0) is 16.0 Å². The average Bonchev–Trinajstić information content (AvgIpc) is 2.67. The number of hydrogen-bond acceptors (Lipinski definition) is 4. The highest BCUT2D eigenvalue weighted by Gasteiger charge is 2.12. The summed E-state index contributed by atoms with van der Waals surface area (Å²) in [5, 5.41) is 3.49. The number of rotatable bonds is 7. The summed E-state index contributed by atoms with van der Waals surface area (Å²) in [6.07, 6.45) is 0.225. The monoisotopic (exact) mass is 452 g/mol. The number of anilines is 1. The van der Waals surface area contributed by atoms with Crippen molar-refractivity contribution in [2.75, 3.05) is 44.8 Å². The van der Waals surface area contributed by atoms with E-state index in [2.05, 4.69) is 26.1 Å². The number of halogens is 2. The molecule has 1 aliphatic heterocycles. The normalized spacial score (nSPS) is 14.7. The fraction of sp³-hybridized carbons (Fsp3) is 0.350. The predicted octanol–water partition coefficient (Wildman–Crippen LogP) is 3.99. The molecule has 0 spiro atoms. The van der Waals surface area contributed by atoms with Crippen LogP contribution >= 0.6 is 27.5 Å². The van der Waals surface area contributed by atoms with Crippen LogP contribution in [0.15, 0.2) is 46.9 Å². The van der Waals surface area contributed by atoms with E-state index in [4.69, 9.17) is 21.1 Å². The SMILES string of the molecule is O=C(Cc1ccccc1Cl)Nc1ccc(Br)c(OCCN2CCOCC2)c1. The van der Waals surface area contributed by atoms with E-state index in [1.54, 1.807) is 6.07 Å². The third-order valence-electron chi connectivity index (χ3n) is 4.29. The summed E-state index contributed by atoms with van der Waals surface area (Å²) >= 11 is 9.62. The molecular weight excluding hydrogens is 432 g/mol. The minimum Gasteiger partial charge on any atom is -0.491 e. The van der Waals surface area contributed by atoms with E-state index in [1.807, 2.05) is 36.4 Å². The number of amides is 1. The van der Waals surface area contributed by atoms with Gasteiger partial charge in [0.05, 0.1) is 24.1 Å². The van der Waals surface area contributed by atoms with Crippen LogP contribution in [0.4, 0.5) is 5.69 Å². The minimum atomic E-state index is -0.121. The van der Waals surface area contributed by atoms with Crippen LogP contribution in [0.3, 0.4) is 0 Å². The van der Waals surface area contributed by atoms with Gasteiger partial charge >= 0.3 is 0 Å². The van der Waals surface area contributed by atoms with E-state index in [1.165, 1.54) is 0 Å². The predicted molar refractivity (Wildman–Crippen MR) is 111 cm³/mol. The van der Waals surface area contributed by atoms with Crippen molar-refractivity contribution in [3.05, 3.63) is 57.5 Å². The molecule has 3 rings (SSSR count). The smallest absolute Gasteiger partial charge is 0.228 e. The van der Waals surface area contributed by atoms with Crippen molar-refractivity contribution >= 4 is 39.1 Å². The van der Waals surface area contributed by atoms with E-state index in [9.17, 15) is 4.79 Å². The molecule has 7 heteroatoms. The van der Waals surface area contributed by atoms with Crippen molar-refractivity contribution in [1.29, 1.82) is 0 Å². The van der Waals surface area contributed by atoms with Gasteiger partial charge in [-0.2, -0.15) is 0 Å². The molecule has 1 N–H and O–H groups in total. The molecule has 2 aromatic rings. The fourth-order valence-electron chi connectivity index (χ4n) is 2.82. The van der Waals surface area contributed by atoms with Crippen LogP contribution in [0.5, 0.6) is 5.75 Å². The zero-order valence-corrected chi connectivity index (χ0v) is 17.3. The zero-order chi connectivity index (χ0) is 19.1. The number of hydrogen-bond donors (Lipinski definition) is 1. The van der Waals surface area contributed by atoms with Gasteiger partial charge in [0, 0.05) is 36.4 Å². The Balaban J connectivity index is 1.54. The highest BCUT2D eigenvalue weighted by molar-refractivity contribution is 9.10. The lowest BCUT2D eigenvalue weighted by atomic mass is 10.1. The van der Waals surface area contributed by atoms with Gasteiger partial charge in [0.25, 0.3) is 0 Å². The van der Waals surface area contributed by atoms with Crippen molar-refractivity contribution in [3.63, 3.8) is 0 Å². The van der Waals surface area contributed by atoms with Gasteiger partial charge in [-0.15, -0.1) is 0 Å². The molecule has 2 aromatic carbocycles. The molecule has 0 aromatic heterocycles. The molecule has 0 radical (unpaired) electrons. The van der Waals surface area contributed by atoms with E-state index >= 15 is 0 Å². The number of benzene rings is 2. The number of carbonyl (C=O) groups excluding carboxylic acids is 1. The maximum Gasteiger partial charge on any atom is 0.228 e. The standard InChI is InChI=1S/C20H22BrClN2O3/c21-17-6-5-16(23-20(25)13-15-3-1-2-4-18(15)22)14-19(17)27-12-9-24-7-10-26-11-8-24/h1-6,14H,7-13H2,(H,23,25). The van der Waals surface area contributed by atoms with Gasteiger partial charge in [-0.25, -0.2) is 0 Å². The second kappa shape index (κ2) is 10.1. The number of nitrogens with zero attached hydrogens (tertiary/aromatic N) is 1. The Morgan fingerprint density at radius 1 is 1.22 bits per heavy atom. The van der Waals surface area contributed by atoms with Crippen LogP contribution in [-0.4, -0.2) is 50.3 Å². The summed E-state index contributed by atoms with van der Waals surface area (Å²) < 4.78 is 12.1. The molecule has 1 aliphatic rings. The molecule has 1 heterocycles. The van der Waals surface area contributed by atoms with Gasteiger partial charge in [-0.1, -0.05) is 29.8 Å². The Kier molecular flexibility index (Phi) is 7.52. The van der Waals surface area contributed by atoms with Gasteiger partial charge in [0.15, 0.2) is 0 Å². The van der Waals surface area contributed by atoms with Crippen LogP contribution in [0.25, 0.3) is 0 Å². The quantitative estimate of drug-likeness (QED) is 0.689. The highest BCUT2D eigenvalue weighted by Crippen LogP contribution is 2.28. The van der Waals surface area contributed by atoms with Crippen LogP contribution < -0.4 is 10.1 Å². The number of ether oxygens (including phenoxy) is 2. The maximum atomic E-state index is 12.3. The van der Waals surface area contributed by atoms with Crippen molar-refractivity contribution in [3.8, 4) is 5.75 Å². The maximum absolute atomic E-state index is 12.3. The lowest BCUT2D eigenvalue weighted by molar-refractivity contribution is -0.115. The Bertz CT molecular complexity index is 782. The summed E-state index contributed by atoms with van der Waals surface area (Å²) in [6.45, 7) is 4.84. The fourth-order valence-corrected chi connectivity index (χ4v) is 3.38. The van der Waals surface area contributed by atoms with Crippen molar-refractivity contribution in [1.82, 2.24) is 4.90 Å². The van der Waals surface area contributed by atoms with Gasteiger partial charge in [-0.05, 0) is 39.7 Å². The third kappa shape index (κ3) is 6.21. The van der Waals surface area contributed by atoms with E-state index in [-0.39, 0.29) is 12.3 Å². The lowest BCUT2D eigenvalue weighted by Gasteiger charge is -2.26. The van der Waals surface area contributed by atoms with Gasteiger partial charge in [0.1, 0.15) is 12.4 Å². The van der Waals surface area contributed by atoms with Crippen LogP contribution in [0.2, 0.25) is 5.02 Å². The van der Waals surface area contributed by atoms with Crippen molar-refractivity contribution in [2.45, 2.75) is 6.42 Å². The van der Waals surface area contributed by atoms with E-state index in [0.29, 0.717) is 23.1 Å². The largest absolute Gasteiger partial charge is 0.491 e. The molecule has 1 saturated heterocycles. The molecular formula is C20H22BrClN2O3. The first-order valence-corrected chi connectivity index (χ1v) is 10.0. The molecule has 1 fully saturated rings. The Hall–Kier alpha value is -1.60. The minimum absolute atomic E-state index is 0.121. The molecule has 0 atom stereocenters. The van der Waals surface area contributed by atoms with Crippen LogP contribution in [0.1, 0.15) is 5.56 Å². The first-order valence-electron chi connectivity index (χ1n) is 8.87. The molecule has 27 heavy (non-hydrogen) atoms. The summed E-state index contributed by atoms with van der Waals surface area (Å²) in [5.74, 6) is 0.587. The molecule has 0 saturated carbocycles. The Morgan fingerprint density at radius 3 is 2.78 bits per heavy atom. The molecule has 0 unspecified atom stereocenters. The number of nitrogens with one attached hydrogen (secondary N) is 1. The van der Waals surface area contributed by atoms with Crippen molar-refractivity contribution < 1.29 is 14.3 Å². The molecule has 0 aliphatic carbocycles. The molecule has 5 nitrogen and oxygen atoms in total. The van der Waals surface area contributed by atoms with E-state index < -0.39 is 0 Å². The Labute approximate surface area is 172 Å². The lowest BCUT2D eigenvalue weighted by Crippen LogP contribution is -2.38.